The first-order chi connectivity index (χ1) is 12.2. The summed E-state index contributed by atoms with van der Waals surface area (Å²) in [4.78, 5) is 15.0. The minimum atomic E-state index is -0.239. The summed E-state index contributed by atoms with van der Waals surface area (Å²) in [5, 5.41) is 2.99. The maximum atomic E-state index is 12.8. The van der Waals surface area contributed by atoms with Crippen molar-refractivity contribution in [1.29, 1.82) is 0 Å². The zero-order valence-corrected chi connectivity index (χ0v) is 14.5. The fraction of sp³-hybridized carbons (Fsp3) is 0.316. The molecule has 132 valence electrons. The Labute approximate surface area is 147 Å². The summed E-state index contributed by atoms with van der Waals surface area (Å²) < 4.78 is 16.0. The van der Waals surface area contributed by atoms with E-state index < -0.39 is 0 Å². The highest BCUT2D eigenvalue weighted by Crippen LogP contribution is 2.32. The molecule has 1 fully saturated rings. The van der Waals surface area contributed by atoms with Crippen molar-refractivity contribution in [1.82, 2.24) is 0 Å². The van der Waals surface area contributed by atoms with E-state index in [1.807, 2.05) is 24.3 Å². The minimum Gasteiger partial charge on any atom is -0.493 e. The number of rotatable bonds is 5. The normalized spacial score (nSPS) is 14.1. The molecule has 1 amide bonds. The topological polar surface area (TPSA) is 60.0 Å². The molecule has 0 spiro atoms. The molecule has 2 aromatic rings. The molecule has 6 nitrogen and oxygen atoms in total. The Kier molecular flexibility index (Phi) is 5.40. The van der Waals surface area contributed by atoms with E-state index in [0.29, 0.717) is 30.3 Å². The number of ether oxygens (including phenoxy) is 3. The van der Waals surface area contributed by atoms with Gasteiger partial charge in [-0.15, -0.1) is 0 Å². The second-order valence-corrected chi connectivity index (χ2v) is 5.61. The number of hydrogen-bond acceptors (Lipinski definition) is 5. The van der Waals surface area contributed by atoms with E-state index in [9.17, 15) is 4.79 Å². The van der Waals surface area contributed by atoms with E-state index in [-0.39, 0.29) is 5.91 Å². The average Bonchev–Trinajstić information content (AvgIpc) is 2.68. The highest BCUT2D eigenvalue weighted by molar-refractivity contribution is 6.08. The van der Waals surface area contributed by atoms with Crippen LogP contribution in [-0.2, 0) is 4.74 Å². The maximum Gasteiger partial charge on any atom is 0.259 e. The number of hydrogen-bond donors (Lipinski definition) is 1. The molecule has 0 saturated carbocycles. The lowest BCUT2D eigenvalue weighted by Gasteiger charge is -2.30. The van der Waals surface area contributed by atoms with E-state index in [1.54, 1.807) is 25.3 Å². The molecule has 1 aliphatic rings. The van der Waals surface area contributed by atoms with Crippen LogP contribution in [0.4, 0.5) is 11.4 Å². The Morgan fingerprint density at radius 1 is 1.04 bits per heavy atom. The fourth-order valence-electron chi connectivity index (χ4n) is 2.91. The van der Waals surface area contributed by atoms with E-state index in [4.69, 9.17) is 14.2 Å². The molecular weight excluding hydrogens is 320 g/mol. The Balaban J connectivity index is 1.87. The SMILES string of the molecule is COc1cccc(C(=O)Nc2ccccc2N2CCOCC2)c1OC. The van der Waals surface area contributed by atoms with Crippen LogP contribution in [0.25, 0.3) is 0 Å². The van der Waals surface area contributed by atoms with Crippen LogP contribution in [0, 0.1) is 0 Å². The van der Waals surface area contributed by atoms with Gasteiger partial charge in [-0.25, -0.2) is 0 Å². The van der Waals surface area contributed by atoms with Crippen LogP contribution in [0.15, 0.2) is 42.5 Å². The smallest absolute Gasteiger partial charge is 0.259 e. The van der Waals surface area contributed by atoms with Crippen molar-refractivity contribution in [3.63, 3.8) is 0 Å². The molecule has 0 radical (unpaired) electrons. The third-order valence-corrected chi connectivity index (χ3v) is 4.15. The van der Waals surface area contributed by atoms with Gasteiger partial charge in [0.25, 0.3) is 5.91 Å². The molecule has 3 rings (SSSR count). The zero-order chi connectivity index (χ0) is 17.6. The number of benzene rings is 2. The van der Waals surface area contributed by atoms with Crippen LogP contribution in [0.5, 0.6) is 11.5 Å². The van der Waals surface area contributed by atoms with Crippen LogP contribution in [0.3, 0.4) is 0 Å². The highest BCUT2D eigenvalue weighted by Gasteiger charge is 2.19. The molecule has 0 atom stereocenters. The number of morpholine rings is 1. The van der Waals surface area contributed by atoms with Gasteiger partial charge >= 0.3 is 0 Å². The second kappa shape index (κ2) is 7.90. The van der Waals surface area contributed by atoms with Gasteiger partial charge < -0.3 is 24.4 Å². The van der Waals surface area contributed by atoms with Crippen molar-refractivity contribution in [3.8, 4) is 11.5 Å². The minimum absolute atomic E-state index is 0.239. The maximum absolute atomic E-state index is 12.8. The number of anilines is 2. The average molecular weight is 342 g/mol. The van der Waals surface area contributed by atoms with E-state index in [2.05, 4.69) is 10.2 Å². The number of para-hydroxylation sites is 3. The molecule has 1 N–H and O–H groups in total. The van der Waals surface area contributed by atoms with Crippen LogP contribution >= 0.6 is 0 Å². The van der Waals surface area contributed by atoms with Crippen LogP contribution in [-0.4, -0.2) is 46.4 Å². The predicted octanol–water partition coefficient (Wildman–Crippen LogP) is 2.79. The van der Waals surface area contributed by atoms with Crippen molar-refractivity contribution >= 4 is 17.3 Å². The Morgan fingerprint density at radius 3 is 2.52 bits per heavy atom. The summed E-state index contributed by atoms with van der Waals surface area (Å²) in [6.07, 6.45) is 0. The molecule has 1 saturated heterocycles. The van der Waals surface area contributed by atoms with Crippen molar-refractivity contribution in [2.45, 2.75) is 0 Å². The first-order valence-corrected chi connectivity index (χ1v) is 8.18. The second-order valence-electron chi connectivity index (χ2n) is 5.61. The number of amides is 1. The number of nitrogens with one attached hydrogen (secondary N) is 1. The van der Waals surface area contributed by atoms with Crippen molar-refractivity contribution in [2.75, 3.05) is 50.7 Å². The van der Waals surface area contributed by atoms with Gasteiger partial charge in [-0.1, -0.05) is 18.2 Å². The summed E-state index contributed by atoms with van der Waals surface area (Å²) in [5.74, 6) is 0.708. The van der Waals surface area contributed by atoms with Gasteiger partial charge in [0.1, 0.15) is 0 Å². The van der Waals surface area contributed by atoms with Crippen molar-refractivity contribution in [3.05, 3.63) is 48.0 Å². The summed E-state index contributed by atoms with van der Waals surface area (Å²) in [5.41, 5.74) is 2.18. The summed E-state index contributed by atoms with van der Waals surface area (Å²) in [6, 6.07) is 13.0. The Morgan fingerprint density at radius 2 is 1.80 bits per heavy atom. The molecular formula is C19H22N2O4. The molecule has 6 heteroatoms. The lowest BCUT2D eigenvalue weighted by atomic mass is 10.1. The van der Waals surface area contributed by atoms with Crippen molar-refractivity contribution < 1.29 is 19.0 Å². The van der Waals surface area contributed by atoms with Crippen molar-refractivity contribution in [2.24, 2.45) is 0 Å². The monoisotopic (exact) mass is 342 g/mol. The van der Waals surface area contributed by atoms with E-state index in [1.165, 1.54) is 7.11 Å². The van der Waals surface area contributed by atoms with E-state index in [0.717, 1.165) is 24.5 Å². The van der Waals surface area contributed by atoms with Crippen LogP contribution in [0.2, 0.25) is 0 Å². The molecule has 25 heavy (non-hydrogen) atoms. The first kappa shape index (κ1) is 17.1. The van der Waals surface area contributed by atoms with Crippen LogP contribution < -0.4 is 19.7 Å². The summed E-state index contributed by atoms with van der Waals surface area (Å²) in [7, 11) is 3.07. The van der Waals surface area contributed by atoms with E-state index >= 15 is 0 Å². The Bertz CT molecular complexity index is 742. The quantitative estimate of drug-likeness (QED) is 0.905. The largest absolute Gasteiger partial charge is 0.493 e. The highest BCUT2D eigenvalue weighted by atomic mass is 16.5. The van der Waals surface area contributed by atoms with Gasteiger partial charge in [0.05, 0.1) is 44.4 Å². The summed E-state index contributed by atoms with van der Waals surface area (Å²) in [6.45, 7) is 2.97. The van der Waals surface area contributed by atoms with Gasteiger partial charge in [0.15, 0.2) is 11.5 Å². The predicted molar refractivity (Wildman–Crippen MR) is 97.0 cm³/mol. The molecule has 1 heterocycles. The lowest BCUT2D eigenvalue weighted by Crippen LogP contribution is -2.36. The third-order valence-electron chi connectivity index (χ3n) is 4.15. The third kappa shape index (κ3) is 3.69. The first-order valence-electron chi connectivity index (χ1n) is 8.18. The lowest BCUT2D eigenvalue weighted by molar-refractivity contribution is 0.102. The number of nitrogens with zero attached hydrogens (tertiary/aromatic N) is 1. The van der Waals surface area contributed by atoms with Gasteiger partial charge in [-0.2, -0.15) is 0 Å². The molecule has 0 unspecified atom stereocenters. The number of carbonyl (C=O) groups is 1. The van der Waals surface area contributed by atoms with Gasteiger partial charge in [0.2, 0.25) is 0 Å². The zero-order valence-electron chi connectivity index (χ0n) is 14.5. The molecule has 0 aromatic heterocycles. The molecule has 0 aliphatic carbocycles. The Hall–Kier alpha value is -2.73. The molecule has 2 aromatic carbocycles. The van der Waals surface area contributed by atoms with Gasteiger partial charge in [-0.3, -0.25) is 4.79 Å². The standard InChI is InChI=1S/C19H22N2O4/c1-23-17-9-5-6-14(18(17)24-2)19(22)20-15-7-3-4-8-16(15)21-10-12-25-13-11-21/h3-9H,10-13H2,1-2H3,(H,20,22). The van der Waals surface area contributed by atoms with Gasteiger partial charge in [0, 0.05) is 13.1 Å². The van der Waals surface area contributed by atoms with Crippen LogP contribution in [0.1, 0.15) is 10.4 Å². The summed E-state index contributed by atoms with van der Waals surface area (Å²) >= 11 is 0. The molecule has 0 bridgehead atoms. The number of methoxy groups -OCH3 is 2. The number of carbonyl (C=O) groups excluding carboxylic acids is 1. The van der Waals surface area contributed by atoms with Gasteiger partial charge in [-0.05, 0) is 24.3 Å². The fourth-order valence-corrected chi connectivity index (χ4v) is 2.91. The molecule has 1 aliphatic heterocycles.